The van der Waals surface area contributed by atoms with Crippen LogP contribution in [0.1, 0.15) is 23.4 Å². The second kappa shape index (κ2) is 7.61. The van der Waals surface area contributed by atoms with Crippen LogP contribution >= 0.6 is 23.2 Å². The van der Waals surface area contributed by atoms with Gasteiger partial charge >= 0.3 is 5.97 Å². The van der Waals surface area contributed by atoms with Crippen LogP contribution in [0.3, 0.4) is 0 Å². The summed E-state index contributed by atoms with van der Waals surface area (Å²) in [6.45, 7) is 2.19. The molecule has 1 aromatic heterocycles. The Hall–Kier alpha value is -2.16. The highest BCUT2D eigenvalue weighted by atomic mass is 35.5. The maximum absolute atomic E-state index is 12.8. The van der Waals surface area contributed by atoms with Crippen molar-refractivity contribution in [1.29, 1.82) is 0 Å². The second-order valence-corrected chi connectivity index (χ2v) is 6.43. The fourth-order valence-corrected chi connectivity index (χ4v) is 3.27. The summed E-state index contributed by atoms with van der Waals surface area (Å²) in [5.41, 5.74) is 0.427. The molecule has 1 aliphatic heterocycles. The van der Waals surface area contributed by atoms with Crippen molar-refractivity contribution < 1.29 is 19.4 Å². The first-order valence-corrected chi connectivity index (χ1v) is 8.71. The summed E-state index contributed by atoms with van der Waals surface area (Å²) in [4.78, 5) is 29.7. The predicted molar refractivity (Wildman–Crippen MR) is 94.0 cm³/mol. The molecule has 1 atom stereocenters. The van der Waals surface area contributed by atoms with Crippen LogP contribution in [-0.4, -0.2) is 62.4 Å². The van der Waals surface area contributed by atoms with Gasteiger partial charge in [-0.1, -0.05) is 36.2 Å². The van der Waals surface area contributed by atoms with Crippen molar-refractivity contribution in [3.63, 3.8) is 0 Å². The molecule has 0 aliphatic carbocycles. The zero-order chi connectivity index (χ0) is 18.8. The highest BCUT2D eigenvalue weighted by molar-refractivity contribution is 6.37. The fraction of sp³-hybridized carbons (Fsp3) is 0.375. The molecule has 1 aromatic carbocycles. The van der Waals surface area contributed by atoms with E-state index < -0.39 is 17.9 Å². The maximum Gasteiger partial charge on any atom is 0.328 e. The Morgan fingerprint density at radius 1 is 1.35 bits per heavy atom. The zero-order valence-corrected chi connectivity index (χ0v) is 15.4. The van der Waals surface area contributed by atoms with Crippen LogP contribution < -0.4 is 0 Å². The van der Waals surface area contributed by atoms with Gasteiger partial charge in [0.2, 0.25) is 5.82 Å². The number of halogens is 2. The molecular formula is C16H16Cl2N4O4. The Morgan fingerprint density at radius 3 is 2.65 bits per heavy atom. The van der Waals surface area contributed by atoms with Gasteiger partial charge in [0.25, 0.3) is 5.91 Å². The van der Waals surface area contributed by atoms with Crippen LogP contribution in [0, 0.1) is 0 Å². The van der Waals surface area contributed by atoms with Gasteiger partial charge in [0.15, 0.2) is 6.04 Å². The predicted octanol–water partition coefficient (Wildman–Crippen LogP) is 2.06. The lowest BCUT2D eigenvalue weighted by molar-refractivity contribution is -0.147. The Bertz CT molecular complexity index is 835. The molecule has 26 heavy (non-hydrogen) atoms. The third-order valence-corrected chi connectivity index (χ3v) is 4.62. The largest absolute Gasteiger partial charge is 0.480 e. The standard InChI is InChI=1S/C16H16Cl2N4O4/c1-2-12-19-14(15(23)21-6-7-26-8-11(21)16(24)25)20-22(12)13-9(17)4-3-5-10(13)18/h3-5,11H,2,6-8H2,1H3,(H,24,25)/t11-/m0/s1. The second-order valence-electron chi connectivity index (χ2n) is 5.61. The number of aliphatic carboxylic acids is 1. The van der Waals surface area contributed by atoms with Gasteiger partial charge in [-0.05, 0) is 12.1 Å². The van der Waals surface area contributed by atoms with Crippen molar-refractivity contribution in [2.75, 3.05) is 19.8 Å². The van der Waals surface area contributed by atoms with E-state index in [2.05, 4.69) is 10.1 Å². The molecule has 0 spiro atoms. The summed E-state index contributed by atoms with van der Waals surface area (Å²) < 4.78 is 6.58. The normalized spacial score (nSPS) is 17.3. The number of ether oxygens (including phenoxy) is 1. The number of aromatic nitrogens is 3. The summed E-state index contributed by atoms with van der Waals surface area (Å²) in [7, 11) is 0. The molecule has 138 valence electrons. The summed E-state index contributed by atoms with van der Waals surface area (Å²) >= 11 is 12.5. The molecule has 0 saturated carbocycles. The molecular weight excluding hydrogens is 383 g/mol. The van der Waals surface area contributed by atoms with E-state index in [-0.39, 0.29) is 25.6 Å². The first-order chi connectivity index (χ1) is 12.4. The molecule has 1 saturated heterocycles. The fourth-order valence-electron chi connectivity index (χ4n) is 2.71. The van der Waals surface area contributed by atoms with Crippen molar-refractivity contribution in [3.05, 3.63) is 39.9 Å². The highest BCUT2D eigenvalue weighted by Gasteiger charge is 2.35. The van der Waals surface area contributed by atoms with E-state index in [1.54, 1.807) is 18.2 Å². The van der Waals surface area contributed by atoms with Crippen LogP contribution in [0.25, 0.3) is 5.69 Å². The average molecular weight is 399 g/mol. The number of amides is 1. The molecule has 3 rings (SSSR count). The van der Waals surface area contributed by atoms with Gasteiger partial charge in [-0.3, -0.25) is 4.79 Å². The molecule has 8 nitrogen and oxygen atoms in total. The summed E-state index contributed by atoms with van der Waals surface area (Å²) in [6.07, 6.45) is 0.479. The van der Waals surface area contributed by atoms with Gasteiger partial charge in [0.05, 0.1) is 23.3 Å². The molecule has 1 N–H and O–H groups in total. The lowest BCUT2D eigenvalue weighted by atomic mass is 10.2. The van der Waals surface area contributed by atoms with Crippen LogP contribution in [0.4, 0.5) is 0 Å². The minimum absolute atomic E-state index is 0.0707. The maximum atomic E-state index is 12.8. The number of carbonyl (C=O) groups excluding carboxylic acids is 1. The van der Waals surface area contributed by atoms with Crippen molar-refractivity contribution in [2.45, 2.75) is 19.4 Å². The van der Waals surface area contributed by atoms with Crippen molar-refractivity contribution in [1.82, 2.24) is 19.7 Å². The van der Waals surface area contributed by atoms with Gasteiger partial charge < -0.3 is 14.7 Å². The third-order valence-electron chi connectivity index (χ3n) is 4.01. The van der Waals surface area contributed by atoms with Gasteiger partial charge in [0, 0.05) is 13.0 Å². The van der Waals surface area contributed by atoms with Crippen molar-refractivity contribution in [3.8, 4) is 5.69 Å². The summed E-state index contributed by atoms with van der Waals surface area (Å²) in [6, 6.07) is 3.95. The molecule has 1 fully saturated rings. The number of benzene rings is 1. The van der Waals surface area contributed by atoms with E-state index in [4.69, 9.17) is 27.9 Å². The van der Waals surface area contributed by atoms with Gasteiger partial charge in [0.1, 0.15) is 11.5 Å². The van der Waals surface area contributed by atoms with E-state index in [1.807, 2.05) is 6.92 Å². The minimum Gasteiger partial charge on any atom is -0.480 e. The first kappa shape index (κ1) is 18.6. The lowest BCUT2D eigenvalue weighted by Crippen LogP contribution is -2.52. The van der Waals surface area contributed by atoms with E-state index >= 15 is 0 Å². The number of aryl methyl sites for hydroxylation is 1. The highest BCUT2D eigenvalue weighted by Crippen LogP contribution is 2.29. The number of morpholine rings is 1. The number of nitrogens with zero attached hydrogens (tertiary/aromatic N) is 4. The van der Waals surface area contributed by atoms with E-state index in [0.29, 0.717) is 28.0 Å². The number of rotatable bonds is 4. The third kappa shape index (κ3) is 3.40. The van der Waals surface area contributed by atoms with Crippen LogP contribution in [0.2, 0.25) is 10.0 Å². The van der Waals surface area contributed by atoms with Gasteiger partial charge in [-0.15, -0.1) is 5.10 Å². The van der Waals surface area contributed by atoms with Crippen LogP contribution in [0.5, 0.6) is 0 Å². The van der Waals surface area contributed by atoms with Crippen molar-refractivity contribution in [2.24, 2.45) is 0 Å². The van der Waals surface area contributed by atoms with E-state index in [0.717, 1.165) is 0 Å². The van der Waals surface area contributed by atoms with Crippen LogP contribution in [0.15, 0.2) is 18.2 Å². The number of hydrogen-bond acceptors (Lipinski definition) is 5. The first-order valence-electron chi connectivity index (χ1n) is 7.95. The molecule has 0 unspecified atom stereocenters. The summed E-state index contributed by atoms with van der Waals surface area (Å²) in [5.74, 6) is -1.32. The van der Waals surface area contributed by atoms with Gasteiger partial charge in [-0.25, -0.2) is 14.5 Å². The smallest absolute Gasteiger partial charge is 0.328 e. The quantitative estimate of drug-likeness (QED) is 0.846. The SMILES string of the molecule is CCc1nc(C(=O)N2CCOC[C@H]2C(=O)O)nn1-c1c(Cl)cccc1Cl. The molecule has 2 aromatic rings. The topological polar surface area (TPSA) is 97.6 Å². The molecule has 0 radical (unpaired) electrons. The van der Waals surface area contributed by atoms with E-state index in [1.165, 1.54) is 9.58 Å². The Kier molecular flexibility index (Phi) is 5.45. The number of carboxylic acid groups (broad SMARTS) is 1. The van der Waals surface area contributed by atoms with Gasteiger partial charge in [-0.2, -0.15) is 0 Å². The monoisotopic (exact) mass is 398 g/mol. The Morgan fingerprint density at radius 2 is 2.04 bits per heavy atom. The molecule has 1 aliphatic rings. The minimum atomic E-state index is -1.14. The molecule has 1 amide bonds. The molecule has 2 heterocycles. The lowest BCUT2D eigenvalue weighted by Gasteiger charge is -2.31. The van der Waals surface area contributed by atoms with Crippen molar-refractivity contribution >= 4 is 35.1 Å². The number of carboxylic acids is 1. The van der Waals surface area contributed by atoms with E-state index in [9.17, 15) is 14.7 Å². The molecule has 10 heteroatoms. The number of carbonyl (C=O) groups is 2. The molecule has 0 bridgehead atoms. The number of hydrogen-bond donors (Lipinski definition) is 1. The number of para-hydroxylation sites is 1. The Balaban J connectivity index is 2.01. The average Bonchev–Trinajstić information content (AvgIpc) is 3.05. The van der Waals surface area contributed by atoms with Crippen LogP contribution in [-0.2, 0) is 16.0 Å². The zero-order valence-electron chi connectivity index (χ0n) is 13.9. The Labute approximate surface area is 159 Å². The summed E-state index contributed by atoms with van der Waals surface area (Å²) in [5, 5.41) is 14.3.